The number of nitrogens with zero attached hydrogens (tertiary/aromatic N) is 3. The number of aromatic nitrogens is 2. The Balaban J connectivity index is 1.31. The molecule has 1 aromatic carbocycles. The first-order valence-corrected chi connectivity index (χ1v) is 14.9. The molecule has 2 aromatic heterocycles. The van der Waals surface area contributed by atoms with Gasteiger partial charge in [-0.2, -0.15) is 0 Å². The molecule has 2 aliphatic rings. The van der Waals surface area contributed by atoms with E-state index in [-0.39, 0.29) is 17.2 Å². The van der Waals surface area contributed by atoms with Crippen LogP contribution in [0.5, 0.6) is 0 Å². The molecule has 2 amide bonds. The van der Waals surface area contributed by atoms with E-state index in [4.69, 9.17) is 15.5 Å². The molecule has 3 aromatic rings. The van der Waals surface area contributed by atoms with Crippen LogP contribution in [-0.4, -0.2) is 64.9 Å². The third-order valence-corrected chi connectivity index (χ3v) is 9.28. The maximum atomic E-state index is 13.4. The van der Waals surface area contributed by atoms with Crippen LogP contribution in [0, 0.1) is 5.92 Å². The molecule has 0 bridgehead atoms. The van der Waals surface area contributed by atoms with Crippen molar-refractivity contribution in [2.75, 3.05) is 43.9 Å². The molecule has 0 radical (unpaired) electrons. The number of nitrogens with two attached hydrogens (primary N) is 1. The van der Waals surface area contributed by atoms with Crippen molar-refractivity contribution in [1.29, 1.82) is 0 Å². The van der Waals surface area contributed by atoms with Crippen molar-refractivity contribution in [3.8, 4) is 0 Å². The van der Waals surface area contributed by atoms with Crippen molar-refractivity contribution >= 4 is 50.8 Å². The molecule has 1 atom stereocenters. The van der Waals surface area contributed by atoms with E-state index >= 15 is 0 Å². The quantitative estimate of drug-likeness (QED) is 0.308. The Hall–Kier alpha value is -2.73. The van der Waals surface area contributed by atoms with Gasteiger partial charge in [-0.1, -0.05) is 30.8 Å². The molecule has 1 aliphatic carbocycles. The first kappa shape index (κ1) is 26.9. The molecule has 0 spiro atoms. The number of para-hydroxylation sites is 1. The van der Waals surface area contributed by atoms with Crippen LogP contribution in [0.2, 0.25) is 0 Å². The average Bonchev–Trinajstić information content (AvgIpc) is 3.26. The Morgan fingerprint density at radius 3 is 2.82 bits per heavy atom. The molecule has 1 saturated heterocycles. The number of hydrogen-bond acceptors (Lipinski definition) is 8. The van der Waals surface area contributed by atoms with E-state index in [1.807, 2.05) is 18.2 Å². The number of amides is 2. The molecule has 1 unspecified atom stereocenters. The number of thioether (sulfide) groups is 1. The van der Waals surface area contributed by atoms with Gasteiger partial charge in [0.1, 0.15) is 5.00 Å². The lowest BCUT2D eigenvalue weighted by Crippen LogP contribution is -2.37. The van der Waals surface area contributed by atoms with Crippen LogP contribution < -0.4 is 16.6 Å². The molecular weight excluding hydrogens is 522 g/mol. The second kappa shape index (κ2) is 12.0. The summed E-state index contributed by atoms with van der Waals surface area (Å²) < 4.78 is 7.10. The summed E-state index contributed by atoms with van der Waals surface area (Å²) in [6.07, 6.45) is 3.49. The van der Waals surface area contributed by atoms with Gasteiger partial charge >= 0.3 is 0 Å². The number of benzene rings is 1. The summed E-state index contributed by atoms with van der Waals surface area (Å²) in [7, 11) is 0. The highest BCUT2D eigenvalue weighted by Crippen LogP contribution is 2.39. The number of hydrogen-bond donors (Lipinski definition) is 2. The molecule has 9 nitrogen and oxygen atoms in total. The summed E-state index contributed by atoms with van der Waals surface area (Å²) in [4.78, 5) is 46.8. The number of morpholine rings is 1. The zero-order valence-electron chi connectivity index (χ0n) is 21.5. The zero-order chi connectivity index (χ0) is 26.6. The van der Waals surface area contributed by atoms with Crippen LogP contribution >= 0.6 is 23.1 Å². The van der Waals surface area contributed by atoms with Gasteiger partial charge in [-0.3, -0.25) is 23.9 Å². The van der Waals surface area contributed by atoms with Gasteiger partial charge in [-0.15, -0.1) is 11.3 Å². The fourth-order valence-electron chi connectivity index (χ4n) is 5.12. The van der Waals surface area contributed by atoms with Crippen molar-refractivity contribution < 1.29 is 14.3 Å². The summed E-state index contributed by atoms with van der Waals surface area (Å²) in [6, 6.07) is 7.29. The molecule has 38 heavy (non-hydrogen) atoms. The first-order valence-electron chi connectivity index (χ1n) is 13.1. The van der Waals surface area contributed by atoms with E-state index in [0.717, 1.165) is 69.0 Å². The zero-order valence-corrected chi connectivity index (χ0v) is 23.2. The monoisotopic (exact) mass is 555 g/mol. The highest BCUT2D eigenvalue weighted by atomic mass is 32.2. The van der Waals surface area contributed by atoms with Crippen molar-refractivity contribution in [3.05, 3.63) is 50.6 Å². The van der Waals surface area contributed by atoms with E-state index in [2.05, 4.69) is 17.1 Å². The molecule has 3 heterocycles. The van der Waals surface area contributed by atoms with Crippen LogP contribution in [0.3, 0.4) is 0 Å². The van der Waals surface area contributed by atoms with Gasteiger partial charge in [0.05, 0.1) is 35.4 Å². The van der Waals surface area contributed by atoms with Crippen LogP contribution in [0.25, 0.3) is 10.9 Å². The summed E-state index contributed by atoms with van der Waals surface area (Å²) in [6.45, 7) is 6.83. The molecule has 3 N–H and O–H groups in total. The van der Waals surface area contributed by atoms with E-state index in [1.54, 1.807) is 10.6 Å². The van der Waals surface area contributed by atoms with Gasteiger partial charge in [0.2, 0.25) is 5.91 Å². The lowest BCUT2D eigenvalue weighted by molar-refractivity contribution is -0.113. The molecule has 11 heteroatoms. The van der Waals surface area contributed by atoms with Gasteiger partial charge in [-0.25, -0.2) is 4.98 Å². The van der Waals surface area contributed by atoms with Crippen LogP contribution in [0.15, 0.2) is 34.2 Å². The van der Waals surface area contributed by atoms with Crippen molar-refractivity contribution in [2.45, 2.75) is 44.3 Å². The Morgan fingerprint density at radius 2 is 2.03 bits per heavy atom. The average molecular weight is 556 g/mol. The van der Waals surface area contributed by atoms with Crippen molar-refractivity contribution in [1.82, 2.24) is 14.5 Å². The largest absolute Gasteiger partial charge is 0.379 e. The van der Waals surface area contributed by atoms with Crippen LogP contribution in [0.4, 0.5) is 5.00 Å². The van der Waals surface area contributed by atoms with Crippen LogP contribution in [-0.2, 0) is 28.9 Å². The number of anilines is 1. The van der Waals surface area contributed by atoms with Gasteiger partial charge in [-0.05, 0) is 49.3 Å². The minimum Gasteiger partial charge on any atom is -0.379 e. The Bertz CT molecular complexity index is 1400. The standard InChI is InChI=1S/C27H33N5O4S2/c1-17-7-8-19-21(15-17)38-25(23(19)24(28)34)30-22(33)16-37-27-29-20-6-3-2-5-18(20)26(35)32(27)10-4-9-31-11-13-36-14-12-31/h2-3,5-6,17H,4,7-16H2,1H3,(H2,28,34)(H,30,33). The number of primary amides is 1. The predicted octanol–water partition coefficient (Wildman–Crippen LogP) is 3.13. The maximum absolute atomic E-state index is 13.4. The number of thiophene rings is 1. The molecule has 202 valence electrons. The second-order valence-electron chi connectivity index (χ2n) is 9.93. The summed E-state index contributed by atoms with van der Waals surface area (Å²) >= 11 is 2.68. The van der Waals surface area contributed by atoms with E-state index < -0.39 is 5.91 Å². The number of carbonyl (C=O) groups is 2. The summed E-state index contributed by atoms with van der Waals surface area (Å²) in [5, 5.41) is 4.52. The molecule has 1 fully saturated rings. The van der Waals surface area contributed by atoms with Gasteiger partial charge in [0.25, 0.3) is 11.5 Å². The number of carbonyl (C=O) groups excluding carboxylic acids is 2. The summed E-state index contributed by atoms with van der Waals surface area (Å²) in [5.74, 6) is -0.164. The molecule has 1 aliphatic heterocycles. The Labute approximate surface area is 229 Å². The lowest BCUT2D eigenvalue weighted by Gasteiger charge is -2.26. The number of fused-ring (bicyclic) bond motifs is 2. The van der Waals surface area contributed by atoms with Gasteiger partial charge < -0.3 is 15.8 Å². The van der Waals surface area contributed by atoms with E-state index in [9.17, 15) is 14.4 Å². The topological polar surface area (TPSA) is 120 Å². The SMILES string of the molecule is CC1CCc2c(sc(NC(=O)CSc3nc4ccccc4c(=O)n3CCCN3CCOCC3)c2C(N)=O)C1. The highest BCUT2D eigenvalue weighted by Gasteiger charge is 2.27. The number of rotatable bonds is 9. The van der Waals surface area contributed by atoms with Crippen LogP contribution in [0.1, 0.15) is 40.6 Å². The number of ether oxygens (including phenoxy) is 1. The Kier molecular flexibility index (Phi) is 8.47. The molecule has 5 rings (SSSR count). The number of nitrogens with one attached hydrogen (secondary N) is 1. The summed E-state index contributed by atoms with van der Waals surface area (Å²) in [5.41, 5.74) is 7.64. The van der Waals surface area contributed by atoms with Crippen molar-refractivity contribution in [3.63, 3.8) is 0 Å². The normalized spacial score (nSPS) is 17.9. The maximum Gasteiger partial charge on any atom is 0.262 e. The highest BCUT2D eigenvalue weighted by molar-refractivity contribution is 7.99. The van der Waals surface area contributed by atoms with Gasteiger partial charge in [0, 0.05) is 31.1 Å². The third-order valence-electron chi connectivity index (χ3n) is 7.13. The lowest BCUT2D eigenvalue weighted by atomic mass is 9.88. The fraction of sp³-hybridized carbons (Fsp3) is 0.481. The smallest absolute Gasteiger partial charge is 0.262 e. The first-order chi connectivity index (χ1) is 18.4. The Morgan fingerprint density at radius 1 is 1.24 bits per heavy atom. The van der Waals surface area contributed by atoms with E-state index in [0.29, 0.717) is 39.1 Å². The fourth-order valence-corrected chi connectivity index (χ4v) is 7.38. The second-order valence-corrected chi connectivity index (χ2v) is 12.0. The molecular formula is C27H33N5O4S2. The third kappa shape index (κ3) is 5.96. The predicted molar refractivity (Wildman–Crippen MR) is 151 cm³/mol. The van der Waals surface area contributed by atoms with Gasteiger partial charge in [0.15, 0.2) is 5.16 Å². The van der Waals surface area contributed by atoms with E-state index in [1.165, 1.54) is 23.1 Å². The van der Waals surface area contributed by atoms with Crippen molar-refractivity contribution in [2.24, 2.45) is 11.7 Å². The minimum absolute atomic E-state index is 0.0609. The minimum atomic E-state index is -0.509. The molecule has 0 saturated carbocycles.